The van der Waals surface area contributed by atoms with E-state index in [4.69, 9.17) is 11.6 Å². The molecule has 3 rings (SSSR count). The van der Waals surface area contributed by atoms with E-state index in [1.165, 1.54) is 17.3 Å². The molecule has 0 fully saturated rings. The lowest BCUT2D eigenvalue weighted by molar-refractivity contribution is -0.115. The van der Waals surface area contributed by atoms with E-state index < -0.39 is 0 Å². The Hall–Kier alpha value is -2.76. The molecule has 1 atom stereocenters. The minimum atomic E-state index is -0.296. The minimum Gasteiger partial charge on any atom is -0.325 e. The largest absolute Gasteiger partial charge is 0.325 e. The van der Waals surface area contributed by atoms with Crippen molar-refractivity contribution in [2.45, 2.75) is 43.3 Å². The monoisotopic (exact) mass is 466 g/mol. The number of halogens is 1. The molecule has 0 heterocycles. The molecule has 0 saturated carbocycles. The van der Waals surface area contributed by atoms with Gasteiger partial charge in [-0.25, -0.2) is 0 Å². The Kier molecular flexibility index (Phi) is 7.64. The molecular formula is C26H27ClN2O2S. The van der Waals surface area contributed by atoms with Crippen LogP contribution in [0.15, 0.2) is 77.7 Å². The third-order valence-electron chi connectivity index (χ3n) is 4.90. The van der Waals surface area contributed by atoms with Crippen molar-refractivity contribution in [1.82, 2.24) is 0 Å². The fourth-order valence-electron chi connectivity index (χ4n) is 3.01. The molecule has 0 aliphatic rings. The second kappa shape index (κ2) is 10.2. The van der Waals surface area contributed by atoms with Crippen molar-refractivity contribution in [3.63, 3.8) is 0 Å². The van der Waals surface area contributed by atoms with Crippen molar-refractivity contribution in [3.8, 4) is 0 Å². The number of thioether (sulfide) groups is 1. The van der Waals surface area contributed by atoms with Crippen molar-refractivity contribution in [3.05, 3.63) is 88.9 Å². The van der Waals surface area contributed by atoms with Gasteiger partial charge in [0.05, 0.1) is 5.25 Å². The van der Waals surface area contributed by atoms with Gasteiger partial charge in [0.2, 0.25) is 5.91 Å². The maximum absolute atomic E-state index is 12.6. The summed E-state index contributed by atoms with van der Waals surface area (Å²) in [6.07, 6.45) is 0. The summed E-state index contributed by atoms with van der Waals surface area (Å²) >= 11 is 7.37. The smallest absolute Gasteiger partial charge is 0.255 e. The van der Waals surface area contributed by atoms with Gasteiger partial charge in [0.15, 0.2) is 0 Å². The zero-order chi connectivity index (χ0) is 23.3. The lowest BCUT2D eigenvalue weighted by atomic mass is 9.87. The molecule has 0 spiro atoms. The highest BCUT2D eigenvalue weighted by atomic mass is 35.5. The minimum absolute atomic E-state index is 0.0323. The van der Waals surface area contributed by atoms with E-state index in [1.807, 2.05) is 43.3 Å². The van der Waals surface area contributed by atoms with Crippen LogP contribution in [0.3, 0.4) is 0 Å². The van der Waals surface area contributed by atoms with Gasteiger partial charge in [0.1, 0.15) is 0 Å². The normalized spacial score (nSPS) is 12.2. The van der Waals surface area contributed by atoms with E-state index >= 15 is 0 Å². The van der Waals surface area contributed by atoms with Crippen LogP contribution in [0.5, 0.6) is 0 Å². The van der Waals surface area contributed by atoms with Crippen molar-refractivity contribution >= 4 is 46.6 Å². The Balaban J connectivity index is 1.61. The van der Waals surface area contributed by atoms with Crippen LogP contribution in [0.1, 0.15) is 43.6 Å². The highest BCUT2D eigenvalue weighted by Gasteiger charge is 2.16. The summed E-state index contributed by atoms with van der Waals surface area (Å²) in [5.41, 5.74) is 3.03. The molecule has 2 N–H and O–H groups in total. The summed E-state index contributed by atoms with van der Waals surface area (Å²) in [5, 5.41) is 6.18. The Labute approximate surface area is 198 Å². The first-order valence-corrected chi connectivity index (χ1v) is 11.6. The zero-order valence-corrected chi connectivity index (χ0v) is 20.2. The number of hydrogen-bond acceptors (Lipinski definition) is 3. The van der Waals surface area contributed by atoms with Crippen molar-refractivity contribution in [2.75, 3.05) is 10.6 Å². The summed E-state index contributed by atoms with van der Waals surface area (Å²) < 4.78 is 0. The summed E-state index contributed by atoms with van der Waals surface area (Å²) in [7, 11) is 0. The van der Waals surface area contributed by atoms with E-state index in [0.717, 1.165) is 4.90 Å². The lowest BCUT2D eigenvalue weighted by Crippen LogP contribution is -2.22. The van der Waals surface area contributed by atoms with E-state index in [0.29, 0.717) is 22.0 Å². The molecule has 4 nitrogen and oxygen atoms in total. The maximum atomic E-state index is 12.6. The van der Waals surface area contributed by atoms with Gasteiger partial charge in [-0.1, -0.05) is 50.6 Å². The molecule has 32 heavy (non-hydrogen) atoms. The molecule has 0 bridgehead atoms. The molecule has 0 aliphatic carbocycles. The van der Waals surface area contributed by atoms with Gasteiger partial charge >= 0.3 is 0 Å². The fraction of sp³-hybridized carbons (Fsp3) is 0.231. The average molecular weight is 467 g/mol. The van der Waals surface area contributed by atoms with Crippen molar-refractivity contribution < 1.29 is 9.59 Å². The SMILES string of the molecule is C[C@H](Sc1ccc(Cl)cc1)C(=O)Nc1cccc(NC(=O)c2ccc(C(C)(C)C)cc2)c1. The summed E-state index contributed by atoms with van der Waals surface area (Å²) in [4.78, 5) is 26.2. The second-order valence-electron chi connectivity index (χ2n) is 8.57. The van der Waals surface area contributed by atoms with Crippen LogP contribution in [0, 0.1) is 0 Å². The predicted molar refractivity (Wildman–Crippen MR) is 135 cm³/mol. The van der Waals surface area contributed by atoms with E-state index in [2.05, 4.69) is 31.4 Å². The highest BCUT2D eigenvalue weighted by Crippen LogP contribution is 2.26. The first kappa shape index (κ1) is 23.9. The van der Waals surface area contributed by atoms with Gasteiger partial charge in [-0.05, 0) is 72.5 Å². The third kappa shape index (κ3) is 6.62. The number of benzene rings is 3. The lowest BCUT2D eigenvalue weighted by Gasteiger charge is -2.19. The average Bonchev–Trinajstić information content (AvgIpc) is 2.75. The first-order valence-electron chi connectivity index (χ1n) is 10.4. The van der Waals surface area contributed by atoms with Gasteiger partial charge < -0.3 is 10.6 Å². The number of rotatable bonds is 6. The van der Waals surface area contributed by atoms with E-state index in [1.54, 1.807) is 36.4 Å². The van der Waals surface area contributed by atoms with Gasteiger partial charge in [0, 0.05) is 26.9 Å². The Morgan fingerprint density at radius 1 is 0.875 bits per heavy atom. The van der Waals surface area contributed by atoms with Gasteiger partial charge in [-0.15, -0.1) is 11.8 Å². The number of carbonyl (C=O) groups excluding carboxylic acids is 2. The first-order chi connectivity index (χ1) is 15.1. The van der Waals surface area contributed by atoms with Crippen LogP contribution in [0.25, 0.3) is 0 Å². The van der Waals surface area contributed by atoms with Crippen LogP contribution in [0.2, 0.25) is 5.02 Å². The quantitative estimate of drug-likeness (QED) is 0.384. The fourth-order valence-corrected chi connectivity index (χ4v) is 4.01. The van der Waals surface area contributed by atoms with Crippen molar-refractivity contribution in [1.29, 1.82) is 0 Å². The van der Waals surface area contributed by atoms with Crippen LogP contribution < -0.4 is 10.6 Å². The number of nitrogens with one attached hydrogen (secondary N) is 2. The number of anilines is 2. The molecule has 3 aromatic carbocycles. The maximum Gasteiger partial charge on any atom is 0.255 e. The Morgan fingerprint density at radius 3 is 2.06 bits per heavy atom. The molecule has 0 aliphatic heterocycles. The van der Waals surface area contributed by atoms with Crippen LogP contribution in [0.4, 0.5) is 11.4 Å². The molecule has 0 radical (unpaired) electrons. The Bertz CT molecular complexity index is 1090. The molecular weight excluding hydrogens is 440 g/mol. The molecule has 0 aromatic heterocycles. The number of amides is 2. The standard InChI is InChI=1S/C26H27ClN2O2S/c1-17(32-23-14-12-20(27)13-15-23)24(30)28-21-6-5-7-22(16-21)29-25(31)18-8-10-19(11-9-18)26(2,3)4/h5-17H,1-4H3,(H,28,30)(H,29,31)/t17-/m0/s1. The zero-order valence-electron chi connectivity index (χ0n) is 18.6. The third-order valence-corrected chi connectivity index (χ3v) is 6.26. The van der Waals surface area contributed by atoms with E-state index in [-0.39, 0.29) is 22.5 Å². The molecule has 2 amide bonds. The van der Waals surface area contributed by atoms with Gasteiger partial charge in [0.25, 0.3) is 5.91 Å². The summed E-state index contributed by atoms with van der Waals surface area (Å²) in [6.45, 7) is 8.26. The van der Waals surface area contributed by atoms with Gasteiger partial charge in [-0.2, -0.15) is 0 Å². The molecule has 6 heteroatoms. The van der Waals surface area contributed by atoms with Crippen LogP contribution >= 0.6 is 23.4 Å². The van der Waals surface area contributed by atoms with Gasteiger partial charge in [-0.3, -0.25) is 9.59 Å². The van der Waals surface area contributed by atoms with Crippen LogP contribution in [-0.2, 0) is 10.2 Å². The van der Waals surface area contributed by atoms with E-state index in [9.17, 15) is 9.59 Å². The Morgan fingerprint density at radius 2 is 1.47 bits per heavy atom. The molecule has 3 aromatic rings. The number of carbonyl (C=O) groups is 2. The summed E-state index contributed by atoms with van der Waals surface area (Å²) in [5.74, 6) is -0.313. The summed E-state index contributed by atoms with van der Waals surface area (Å²) in [6, 6.07) is 22.1. The van der Waals surface area contributed by atoms with Crippen molar-refractivity contribution in [2.24, 2.45) is 0 Å². The molecule has 0 unspecified atom stereocenters. The molecule has 166 valence electrons. The highest BCUT2D eigenvalue weighted by molar-refractivity contribution is 8.00. The number of hydrogen-bond donors (Lipinski definition) is 2. The predicted octanol–water partition coefficient (Wildman–Crippen LogP) is 7.01. The second-order valence-corrected chi connectivity index (χ2v) is 10.4. The van der Waals surface area contributed by atoms with Crippen LogP contribution in [-0.4, -0.2) is 17.1 Å². The molecule has 0 saturated heterocycles. The topological polar surface area (TPSA) is 58.2 Å².